The lowest BCUT2D eigenvalue weighted by atomic mass is 10.1. The lowest BCUT2D eigenvalue weighted by Gasteiger charge is -2.13. The van der Waals surface area contributed by atoms with E-state index in [2.05, 4.69) is 27.9 Å². The average Bonchev–Trinajstić information content (AvgIpc) is 2.18. The number of benzene rings is 1. The molecular formula is C11H12INO. The van der Waals surface area contributed by atoms with Crippen molar-refractivity contribution in [2.24, 2.45) is 0 Å². The summed E-state index contributed by atoms with van der Waals surface area (Å²) in [5.74, 6) is -0.0200. The Morgan fingerprint density at radius 2 is 2.07 bits per heavy atom. The zero-order valence-electron chi connectivity index (χ0n) is 7.91. The zero-order valence-corrected chi connectivity index (χ0v) is 10.1. The summed E-state index contributed by atoms with van der Waals surface area (Å²) in [7, 11) is 0. The van der Waals surface area contributed by atoms with Crippen molar-refractivity contribution in [2.75, 3.05) is 0 Å². The molecule has 0 aliphatic carbocycles. The van der Waals surface area contributed by atoms with Gasteiger partial charge in [0.25, 0.3) is 0 Å². The molecule has 74 valence electrons. The van der Waals surface area contributed by atoms with E-state index in [1.165, 1.54) is 6.92 Å². The minimum absolute atomic E-state index is 0.0200. The van der Waals surface area contributed by atoms with Gasteiger partial charge in [-0.2, -0.15) is 0 Å². The van der Waals surface area contributed by atoms with Crippen LogP contribution in [0.1, 0.15) is 18.5 Å². The minimum atomic E-state index is -0.0226. The summed E-state index contributed by atoms with van der Waals surface area (Å²) in [6.07, 6.45) is 1.96. The van der Waals surface area contributed by atoms with Gasteiger partial charge in [-0.15, -0.1) is 0 Å². The number of halogens is 1. The van der Waals surface area contributed by atoms with E-state index >= 15 is 0 Å². The van der Waals surface area contributed by atoms with Crippen LogP contribution in [0.3, 0.4) is 0 Å². The summed E-state index contributed by atoms with van der Waals surface area (Å²) in [6, 6.07) is 9.86. The number of carbonyl (C=O) groups is 1. The molecule has 0 bridgehead atoms. The second-order valence-electron chi connectivity index (χ2n) is 2.91. The Balaban J connectivity index is 2.83. The van der Waals surface area contributed by atoms with Crippen molar-refractivity contribution in [2.45, 2.75) is 13.0 Å². The SMILES string of the molecule is CC(=O)NC(/C=C/I)c1ccccc1. The highest BCUT2D eigenvalue weighted by Crippen LogP contribution is 2.14. The van der Waals surface area contributed by atoms with Crippen LogP contribution in [-0.2, 0) is 4.79 Å². The molecule has 0 aliphatic heterocycles. The van der Waals surface area contributed by atoms with Crippen LogP contribution in [0.25, 0.3) is 0 Å². The zero-order chi connectivity index (χ0) is 10.4. The Bertz CT molecular complexity index is 321. The van der Waals surface area contributed by atoms with Crippen molar-refractivity contribution in [1.82, 2.24) is 5.32 Å². The molecule has 1 unspecified atom stereocenters. The molecule has 0 spiro atoms. The van der Waals surface area contributed by atoms with E-state index in [0.29, 0.717) is 0 Å². The third-order valence-corrected chi connectivity index (χ3v) is 2.20. The average molecular weight is 301 g/mol. The summed E-state index contributed by atoms with van der Waals surface area (Å²) < 4.78 is 1.91. The van der Waals surface area contributed by atoms with Crippen LogP contribution >= 0.6 is 22.6 Å². The molecular weight excluding hydrogens is 289 g/mol. The van der Waals surface area contributed by atoms with E-state index in [9.17, 15) is 4.79 Å². The van der Waals surface area contributed by atoms with Crippen molar-refractivity contribution in [3.8, 4) is 0 Å². The Kier molecular flexibility index (Phi) is 4.65. The van der Waals surface area contributed by atoms with Crippen molar-refractivity contribution in [1.29, 1.82) is 0 Å². The Hall–Kier alpha value is -0.840. The first-order valence-corrected chi connectivity index (χ1v) is 5.57. The maximum absolute atomic E-state index is 11.0. The van der Waals surface area contributed by atoms with Gasteiger partial charge in [-0.1, -0.05) is 59.0 Å². The standard InChI is InChI=1S/C11H12INO/c1-9(14)13-11(7-8-12)10-5-3-2-4-6-10/h2-8,11H,1H3,(H,13,14)/b8-7+. The summed E-state index contributed by atoms with van der Waals surface area (Å²) in [5, 5.41) is 2.87. The number of hydrogen-bond acceptors (Lipinski definition) is 1. The fourth-order valence-corrected chi connectivity index (χ4v) is 1.61. The van der Waals surface area contributed by atoms with Gasteiger partial charge in [-0.3, -0.25) is 4.79 Å². The Labute approximate surface area is 97.5 Å². The van der Waals surface area contributed by atoms with Crippen LogP contribution in [0.4, 0.5) is 0 Å². The number of amides is 1. The minimum Gasteiger partial charge on any atom is -0.346 e. The van der Waals surface area contributed by atoms with Gasteiger partial charge in [-0.05, 0) is 9.65 Å². The fourth-order valence-electron chi connectivity index (χ4n) is 1.19. The van der Waals surface area contributed by atoms with Crippen molar-refractivity contribution < 1.29 is 4.79 Å². The smallest absolute Gasteiger partial charge is 0.217 e. The molecule has 1 N–H and O–H groups in total. The second-order valence-corrected chi connectivity index (χ2v) is 3.63. The van der Waals surface area contributed by atoms with Gasteiger partial charge in [0.15, 0.2) is 0 Å². The number of hydrogen-bond donors (Lipinski definition) is 1. The highest BCUT2D eigenvalue weighted by Gasteiger charge is 2.07. The maximum Gasteiger partial charge on any atom is 0.217 e. The van der Waals surface area contributed by atoms with Crippen molar-refractivity contribution >= 4 is 28.5 Å². The van der Waals surface area contributed by atoms with E-state index in [-0.39, 0.29) is 11.9 Å². The monoisotopic (exact) mass is 301 g/mol. The molecule has 0 saturated carbocycles. The van der Waals surface area contributed by atoms with Gasteiger partial charge in [0.1, 0.15) is 0 Å². The van der Waals surface area contributed by atoms with Crippen LogP contribution in [0.5, 0.6) is 0 Å². The normalized spacial score (nSPS) is 12.7. The maximum atomic E-state index is 11.0. The van der Waals surface area contributed by atoms with E-state index < -0.39 is 0 Å². The molecule has 2 nitrogen and oxygen atoms in total. The number of carbonyl (C=O) groups excluding carboxylic acids is 1. The molecule has 1 aromatic rings. The van der Waals surface area contributed by atoms with Crippen LogP contribution < -0.4 is 5.32 Å². The molecule has 1 atom stereocenters. The molecule has 14 heavy (non-hydrogen) atoms. The molecule has 0 aliphatic rings. The predicted molar refractivity (Wildman–Crippen MR) is 66.2 cm³/mol. The van der Waals surface area contributed by atoms with Crippen LogP contribution in [-0.4, -0.2) is 5.91 Å². The third kappa shape index (κ3) is 3.49. The first-order valence-electron chi connectivity index (χ1n) is 4.33. The van der Waals surface area contributed by atoms with Gasteiger partial charge in [-0.25, -0.2) is 0 Å². The highest BCUT2D eigenvalue weighted by molar-refractivity contribution is 14.1. The molecule has 1 rings (SSSR count). The summed E-state index contributed by atoms with van der Waals surface area (Å²) in [6.45, 7) is 1.52. The molecule has 0 fully saturated rings. The first-order chi connectivity index (χ1) is 6.74. The molecule has 0 saturated heterocycles. The van der Waals surface area contributed by atoms with Crippen LogP contribution in [0.15, 0.2) is 40.5 Å². The second kappa shape index (κ2) is 5.80. The van der Waals surface area contributed by atoms with Crippen LogP contribution in [0.2, 0.25) is 0 Å². The molecule has 3 heteroatoms. The fraction of sp³-hybridized carbons (Fsp3) is 0.182. The van der Waals surface area contributed by atoms with Crippen LogP contribution in [0, 0.1) is 0 Å². The molecule has 0 heterocycles. The Morgan fingerprint density at radius 1 is 1.43 bits per heavy atom. The first kappa shape index (κ1) is 11.2. The van der Waals surface area contributed by atoms with Gasteiger partial charge in [0.2, 0.25) is 5.91 Å². The quantitative estimate of drug-likeness (QED) is 0.855. The third-order valence-electron chi connectivity index (χ3n) is 1.78. The largest absolute Gasteiger partial charge is 0.346 e. The lowest BCUT2D eigenvalue weighted by Crippen LogP contribution is -2.24. The summed E-state index contributed by atoms with van der Waals surface area (Å²) in [4.78, 5) is 11.0. The topological polar surface area (TPSA) is 29.1 Å². The van der Waals surface area contributed by atoms with Gasteiger partial charge in [0, 0.05) is 6.92 Å². The van der Waals surface area contributed by atoms with E-state index in [4.69, 9.17) is 0 Å². The molecule has 1 amide bonds. The Morgan fingerprint density at radius 3 is 2.57 bits per heavy atom. The van der Waals surface area contributed by atoms with E-state index in [0.717, 1.165) is 5.56 Å². The number of rotatable bonds is 3. The summed E-state index contributed by atoms with van der Waals surface area (Å²) in [5.41, 5.74) is 1.09. The molecule has 0 aromatic heterocycles. The van der Waals surface area contributed by atoms with Gasteiger partial charge >= 0.3 is 0 Å². The van der Waals surface area contributed by atoms with Crippen molar-refractivity contribution in [3.05, 3.63) is 46.1 Å². The highest BCUT2D eigenvalue weighted by atomic mass is 127. The molecule has 1 aromatic carbocycles. The predicted octanol–water partition coefficient (Wildman–Crippen LogP) is 2.81. The van der Waals surface area contributed by atoms with E-state index in [1.807, 2.05) is 40.5 Å². The molecule has 0 radical (unpaired) electrons. The summed E-state index contributed by atoms with van der Waals surface area (Å²) >= 11 is 2.14. The van der Waals surface area contributed by atoms with E-state index in [1.54, 1.807) is 0 Å². The number of nitrogens with one attached hydrogen (secondary N) is 1. The lowest BCUT2D eigenvalue weighted by molar-refractivity contribution is -0.119. The van der Waals surface area contributed by atoms with Crippen molar-refractivity contribution in [3.63, 3.8) is 0 Å². The van der Waals surface area contributed by atoms with Gasteiger partial charge in [0.05, 0.1) is 6.04 Å². The van der Waals surface area contributed by atoms with Gasteiger partial charge < -0.3 is 5.32 Å².